The second-order valence-electron chi connectivity index (χ2n) is 7.91. The zero-order chi connectivity index (χ0) is 13.6. The minimum absolute atomic E-state index is 0. The maximum Gasteiger partial charge on any atom is 4.00 e. The summed E-state index contributed by atoms with van der Waals surface area (Å²) < 4.78 is 0. The van der Waals surface area contributed by atoms with E-state index < -0.39 is 8.07 Å². The van der Waals surface area contributed by atoms with E-state index in [0.717, 1.165) is 5.92 Å². The molecule has 0 spiro atoms. The van der Waals surface area contributed by atoms with Crippen LogP contribution in [0.2, 0.25) is 24.2 Å². The van der Waals surface area contributed by atoms with E-state index in [4.69, 9.17) is 0 Å². The van der Waals surface area contributed by atoms with E-state index in [0.29, 0.717) is 5.04 Å². The van der Waals surface area contributed by atoms with E-state index in [9.17, 15) is 0 Å². The number of hydrogen-bond acceptors (Lipinski definition) is 0. The smallest absolute Gasteiger partial charge is 1.00 e. The van der Waals surface area contributed by atoms with Crippen LogP contribution in [0.25, 0.3) is 0 Å². The van der Waals surface area contributed by atoms with Gasteiger partial charge in [0.25, 0.3) is 0 Å². The van der Waals surface area contributed by atoms with Crippen molar-refractivity contribution in [3.63, 3.8) is 0 Å². The molecule has 2 aliphatic carbocycles. The van der Waals surface area contributed by atoms with Crippen LogP contribution in [0, 0.1) is 12.0 Å². The topological polar surface area (TPSA) is 0 Å². The van der Waals surface area contributed by atoms with Crippen molar-refractivity contribution < 1.29 is 58.9 Å². The van der Waals surface area contributed by atoms with Crippen LogP contribution < -0.4 is 37.2 Å². The first kappa shape index (κ1) is 28.1. The molecule has 0 saturated heterocycles. The summed E-state index contributed by atoms with van der Waals surface area (Å²) >= 11 is 0. The number of allylic oxidation sites excluding steroid dienone is 4. The summed E-state index contributed by atoms with van der Waals surface area (Å²) in [6.07, 6.45) is 9.12. The van der Waals surface area contributed by atoms with E-state index in [1.54, 1.807) is 11.1 Å². The molecule has 22 heavy (non-hydrogen) atoms. The molecule has 126 valence electrons. The van der Waals surface area contributed by atoms with Gasteiger partial charge in [0.05, 0.1) is 8.07 Å². The third-order valence-corrected chi connectivity index (χ3v) is 11.0. The normalized spacial score (nSPS) is 20.6. The fourth-order valence-electron chi connectivity index (χ4n) is 3.14. The first-order chi connectivity index (χ1) is 8.22. The molecule has 0 N–H and O–H groups in total. The molecule has 0 nitrogen and oxygen atoms in total. The molecular formula is C17H29Cl3SiTi. The number of rotatable bonds is 2. The van der Waals surface area contributed by atoms with E-state index >= 15 is 0 Å². The zero-order valence-electron chi connectivity index (χ0n) is 14.7. The molecule has 1 unspecified atom stereocenters. The molecule has 2 rings (SSSR count). The summed E-state index contributed by atoms with van der Waals surface area (Å²) in [5.74, 6) is 0.751. The third-order valence-electron chi connectivity index (χ3n) is 5.55. The van der Waals surface area contributed by atoms with E-state index in [2.05, 4.69) is 46.9 Å². The molecule has 0 aliphatic heterocycles. The van der Waals surface area contributed by atoms with Crippen molar-refractivity contribution in [2.24, 2.45) is 5.92 Å². The van der Waals surface area contributed by atoms with Gasteiger partial charge in [0, 0.05) is 0 Å². The largest absolute Gasteiger partial charge is 4.00 e. The molecule has 0 radical (unpaired) electrons. The minimum atomic E-state index is -1.18. The Morgan fingerprint density at radius 3 is 2.05 bits per heavy atom. The molecule has 5 heteroatoms. The average Bonchev–Trinajstić information content (AvgIpc) is 2.54. The molecule has 0 aromatic carbocycles. The van der Waals surface area contributed by atoms with Crippen molar-refractivity contribution >= 4 is 8.07 Å². The summed E-state index contributed by atoms with van der Waals surface area (Å²) in [5.41, 5.74) is 4.89. The summed E-state index contributed by atoms with van der Waals surface area (Å²) in [7, 11) is -1.18. The molecular weight excluding hydrogens is 386 g/mol. The maximum atomic E-state index is 3.70. The van der Waals surface area contributed by atoms with E-state index in [1.807, 2.05) is 0 Å². The Hall–Kier alpha value is 1.28. The van der Waals surface area contributed by atoms with Gasteiger partial charge in [-0.1, -0.05) is 78.4 Å². The molecule has 0 bridgehead atoms. The Labute approximate surface area is 172 Å². The van der Waals surface area contributed by atoms with Crippen LogP contribution in [0.5, 0.6) is 0 Å². The van der Waals surface area contributed by atoms with Gasteiger partial charge >= 0.3 is 21.7 Å². The van der Waals surface area contributed by atoms with Crippen LogP contribution >= 0.6 is 0 Å². The quantitative estimate of drug-likeness (QED) is 0.328. The monoisotopic (exact) mass is 414 g/mol. The SMILES string of the molecule is CC1=[C-]C2=C(CCCC2)C1C[Si](C)(C)C(C)(C)C.[Cl-].[Cl-].[Cl-].[Ti+4]. The fraction of sp³-hybridized carbons (Fsp3) is 0.765. The average molecular weight is 416 g/mol. The molecule has 0 amide bonds. The number of halogens is 3. The summed E-state index contributed by atoms with van der Waals surface area (Å²) in [6, 6.07) is 1.42. The summed E-state index contributed by atoms with van der Waals surface area (Å²) in [5, 5.41) is 0.505. The van der Waals surface area contributed by atoms with Crippen molar-refractivity contribution in [2.45, 2.75) is 77.6 Å². The van der Waals surface area contributed by atoms with Crippen molar-refractivity contribution in [2.75, 3.05) is 0 Å². The maximum absolute atomic E-state index is 3.70. The van der Waals surface area contributed by atoms with Gasteiger partial charge in [-0.25, -0.2) is 17.2 Å². The van der Waals surface area contributed by atoms with Crippen LogP contribution in [0.3, 0.4) is 0 Å². The van der Waals surface area contributed by atoms with Gasteiger partial charge < -0.3 is 37.2 Å². The zero-order valence-corrected chi connectivity index (χ0v) is 19.6. The van der Waals surface area contributed by atoms with Crippen LogP contribution in [0.4, 0.5) is 0 Å². The molecule has 0 aromatic heterocycles. The second kappa shape index (κ2) is 10.3. The first-order valence-electron chi connectivity index (χ1n) is 7.55. The van der Waals surface area contributed by atoms with Crippen molar-refractivity contribution in [3.05, 3.63) is 22.8 Å². The molecule has 0 fully saturated rings. The molecule has 2 aliphatic rings. The van der Waals surface area contributed by atoms with Crippen molar-refractivity contribution in [3.8, 4) is 0 Å². The van der Waals surface area contributed by atoms with Crippen LogP contribution in [-0.2, 0) is 21.7 Å². The van der Waals surface area contributed by atoms with Crippen molar-refractivity contribution in [1.29, 1.82) is 0 Å². The first-order valence-corrected chi connectivity index (χ1v) is 10.8. The van der Waals surface area contributed by atoms with Gasteiger partial charge in [0.15, 0.2) is 0 Å². The number of hydrogen-bond donors (Lipinski definition) is 0. The van der Waals surface area contributed by atoms with Gasteiger partial charge in [-0.15, -0.1) is 0 Å². The van der Waals surface area contributed by atoms with Gasteiger partial charge in [-0.05, 0) is 5.04 Å². The van der Waals surface area contributed by atoms with Gasteiger partial charge in [-0.3, -0.25) is 0 Å². The third kappa shape index (κ3) is 5.97. The summed E-state index contributed by atoms with van der Waals surface area (Å²) in [6.45, 7) is 14.8. The Morgan fingerprint density at radius 2 is 1.55 bits per heavy atom. The van der Waals surface area contributed by atoms with E-state index in [1.165, 1.54) is 37.3 Å². The standard InChI is InChI=1S/C17H29Si.3ClH.Ti/c1-13-11-14-9-7-8-10-15(14)16(13)12-18(5,6)17(2,3)4;;;;/h16H,7-10,12H2,1-6H3;3*1H;/q-1;;;;+4/p-3. The molecule has 0 heterocycles. The predicted molar refractivity (Wildman–Crippen MR) is 83.4 cm³/mol. The molecule has 1 atom stereocenters. The van der Waals surface area contributed by atoms with Crippen molar-refractivity contribution in [1.82, 2.24) is 0 Å². The van der Waals surface area contributed by atoms with Crippen LogP contribution in [0.15, 0.2) is 16.7 Å². The summed E-state index contributed by atoms with van der Waals surface area (Å²) in [4.78, 5) is 0. The Morgan fingerprint density at radius 1 is 1.05 bits per heavy atom. The predicted octanol–water partition coefficient (Wildman–Crippen LogP) is -3.25. The second-order valence-corrected chi connectivity index (χ2v) is 13.6. The molecule has 0 aromatic rings. The Balaban J connectivity index is -0.000000902. The molecule has 0 saturated carbocycles. The Bertz CT molecular complexity index is 409. The van der Waals surface area contributed by atoms with Crippen LogP contribution in [0.1, 0.15) is 53.4 Å². The van der Waals surface area contributed by atoms with E-state index in [-0.39, 0.29) is 58.9 Å². The van der Waals surface area contributed by atoms with Gasteiger partial charge in [0.1, 0.15) is 0 Å². The van der Waals surface area contributed by atoms with Gasteiger partial charge in [0.2, 0.25) is 0 Å². The minimum Gasteiger partial charge on any atom is -1.00 e. The van der Waals surface area contributed by atoms with Gasteiger partial charge in [-0.2, -0.15) is 5.57 Å². The van der Waals surface area contributed by atoms with Crippen LogP contribution in [-0.4, -0.2) is 8.07 Å². The Kier molecular flexibility index (Phi) is 13.2. The fourth-order valence-corrected chi connectivity index (χ4v) is 5.32.